The van der Waals surface area contributed by atoms with Crippen molar-refractivity contribution in [2.45, 2.75) is 18.5 Å². The molecule has 3 rings (SSSR count). The summed E-state index contributed by atoms with van der Waals surface area (Å²) in [5, 5.41) is 6.58. The van der Waals surface area contributed by atoms with Crippen molar-refractivity contribution < 1.29 is 23.8 Å². The molecule has 0 aliphatic carbocycles. The van der Waals surface area contributed by atoms with Gasteiger partial charge >= 0.3 is 12.1 Å². The Balaban J connectivity index is 2.28. The molecule has 0 radical (unpaired) electrons. The smallest absolute Gasteiger partial charge is 0.408 e. The second kappa shape index (κ2) is 12.0. The topological polar surface area (TPSA) is 85.9 Å². The van der Waals surface area contributed by atoms with E-state index in [9.17, 15) is 9.59 Å². The maximum absolute atomic E-state index is 13.7. The lowest BCUT2D eigenvalue weighted by atomic mass is 9.78. The number of anilines is 1. The van der Waals surface area contributed by atoms with Crippen LogP contribution in [0.5, 0.6) is 5.75 Å². The lowest BCUT2D eigenvalue weighted by Gasteiger charge is -2.40. The normalized spacial score (nSPS) is 13.2. The van der Waals surface area contributed by atoms with E-state index in [0.717, 1.165) is 4.47 Å². The Bertz CT molecular complexity index is 1160. The van der Waals surface area contributed by atoms with Crippen LogP contribution < -0.4 is 15.4 Å². The molecule has 1 amide bonds. The molecule has 0 heterocycles. The number of rotatable bonds is 9. The average Bonchev–Trinajstić information content (AvgIpc) is 2.86. The predicted molar refractivity (Wildman–Crippen MR) is 139 cm³/mol. The fraction of sp³-hybridized carbons (Fsp3) is 0.231. The maximum atomic E-state index is 13.7. The zero-order chi connectivity index (χ0) is 25.4. The fourth-order valence-electron chi connectivity index (χ4n) is 3.77. The van der Waals surface area contributed by atoms with Crippen molar-refractivity contribution in [1.29, 1.82) is 0 Å². The first-order valence-corrected chi connectivity index (χ1v) is 12.0. The van der Waals surface area contributed by atoms with Crippen molar-refractivity contribution >= 4 is 45.3 Å². The van der Waals surface area contributed by atoms with Crippen LogP contribution in [0.1, 0.15) is 24.1 Å². The highest BCUT2D eigenvalue weighted by Gasteiger charge is 2.51. The summed E-state index contributed by atoms with van der Waals surface area (Å²) in [5.41, 5.74) is 0.0457. The van der Waals surface area contributed by atoms with Gasteiger partial charge in [0.15, 0.2) is 5.54 Å². The molecule has 0 aliphatic heterocycles. The number of carbonyl (C=O) groups is 2. The summed E-state index contributed by atoms with van der Waals surface area (Å²) < 4.78 is 16.6. The summed E-state index contributed by atoms with van der Waals surface area (Å²) in [6.07, 6.45) is -0.781. The van der Waals surface area contributed by atoms with Crippen LogP contribution in [-0.2, 0) is 19.8 Å². The van der Waals surface area contributed by atoms with E-state index in [1.54, 1.807) is 50.4 Å². The predicted octanol–water partition coefficient (Wildman–Crippen LogP) is 6.08. The molecule has 0 unspecified atom stereocenters. The van der Waals surface area contributed by atoms with Crippen LogP contribution >= 0.6 is 27.5 Å². The Labute approximate surface area is 217 Å². The minimum Gasteiger partial charge on any atom is -0.497 e. The summed E-state index contributed by atoms with van der Waals surface area (Å²) in [4.78, 5) is 26.5. The largest absolute Gasteiger partial charge is 0.497 e. The third-order valence-electron chi connectivity index (χ3n) is 5.40. The van der Waals surface area contributed by atoms with Gasteiger partial charge in [0.25, 0.3) is 0 Å². The van der Waals surface area contributed by atoms with Crippen molar-refractivity contribution in [3.05, 3.63) is 93.4 Å². The van der Waals surface area contributed by atoms with E-state index in [1.807, 2.05) is 36.4 Å². The van der Waals surface area contributed by atoms with Crippen LogP contribution in [0.4, 0.5) is 10.5 Å². The van der Waals surface area contributed by atoms with Gasteiger partial charge in [-0.25, -0.2) is 9.59 Å². The van der Waals surface area contributed by atoms with Crippen molar-refractivity contribution in [1.82, 2.24) is 5.32 Å². The number of benzene rings is 3. The molecular formula is C26H26BrClN2O5. The molecule has 2 N–H and O–H groups in total. The van der Waals surface area contributed by atoms with E-state index in [0.29, 0.717) is 27.6 Å². The Hall–Kier alpha value is -3.23. The minimum atomic E-state index is -1.75. The first kappa shape index (κ1) is 26.4. The third-order valence-corrected chi connectivity index (χ3v) is 6.16. The minimum absolute atomic E-state index is 0.119. The van der Waals surface area contributed by atoms with Crippen LogP contribution in [0.2, 0.25) is 5.02 Å². The number of hydrogen-bond acceptors (Lipinski definition) is 6. The molecule has 3 aromatic carbocycles. The molecule has 0 saturated heterocycles. The van der Waals surface area contributed by atoms with Crippen LogP contribution in [0.15, 0.2) is 77.3 Å². The van der Waals surface area contributed by atoms with Crippen LogP contribution in [0.3, 0.4) is 0 Å². The molecule has 0 saturated carbocycles. The van der Waals surface area contributed by atoms with Crippen molar-refractivity contribution in [3.8, 4) is 5.75 Å². The molecule has 0 bridgehead atoms. The Morgan fingerprint density at radius 2 is 1.71 bits per heavy atom. The number of methoxy groups -OCH3 is 2. The lowest BCUT2D eigenvalue weighted by Crippen LogP contribution is -2.58. The van der Waals surface area contributed by atoms with Gasteiger partial charge in [-0.2, -0.15) is 0 Å². The third kappa shape index (κ3) is 6.07. The van der Waals surface area contributed by atoms with Gasteiger partial charge in [0.2, 0.25) is 0 Å². The van der Waals surface area contributed by atoms with Gasteiger partial charge in [-0.1, -0.05) is 51.8 Å². The number of ether oxygens (including phenoxy) is 3. The zero-order valence-electron chi connectivity index (χ0n) is 19.5. The molecule has 7 nitrogen and oxygen atoms in total. The summed E-state index contributed by atoms with van der Waals surface area (Å²) in [5.74, 6) is -0.0313. The van der Waals surface area contributed by atoms with Gasteiger partial charge < -0.3 is 19.5 Å². The van der Waals surface area contributed by atoms with E-state index < -0.39 is 23.6 Å². The summed E-state index contributed by atoms with van der Waals surface area (Å²) >= 11 is 9.78. The Kier molecular flexibility index (Phi) is 9.01. The van der Waals surface area contributed by atoms with Crippen molar-refractivity contribution in [2.75, 3.05) is 26.1 Å². The first-order valence-electron chi connectivity index (χ1n) is 10.8. The van der Waals surface area contributed by atoms with Crippen molar-refractivity contribution in [2.24, 2.45) is 0 Å². The number of halogens is 2. The highest BCUT2D eigenvalue weighted by Crippen LogP contribution is 2.40. The maximum Gasteiger partial charge on any atom is 0.408 e. The molecule has 3 aromatic rings. The van der Waals surface area contributed by atoms with Gasteiger partial charge in [0.05, 0.1) is 26.9 Å². The number of esters is 1. The molecule has 0 fully saturated rings. The number of hydrogen-bond donors (Lipinski definition) is 2. The number of nitrogens with one attached hydrogen (secondary N) is 2. The average molecular weight is 562 g/mol. The lowest BCUT2D eigenvalue weighted by molar-refractivity contribution is -0.149. The molecule has 184 valence electrons. The van der Waals surface area contributed by atoms with Gasteiger partial charge in [-0.05, 0) is 66.6 Å². The van der Waals surface area contributed by atoms with E-state index >= 15 is 0 Å². The second-order valence-corrected chi connectivity index (χ2v) is 8.86. The Morgan fingerprint density at radius 1 is 1.03 bits per heavy atom. The second-order valence-electron chi connectivity index (χ2n) is 7.51. The molecule has 2 atom stereocenters. The van der Waals surface area contributed by atoms with Gasteiger partial charge in [-0.3, -0.25) is 5.32 Å². The molecule has 0 aliphatic rings. The summed E-state index contributed by atoms with van der Waals surface area (Å²) in [6, 6.07) is 20.5. The highest BCUT2D eigenvalue weighted by molar-refractivity contribution is 9.10. The summed E-state index contributed by atoms with van der Waals surface area (Å²) in [7, 11) is 2.85. The summed E-state index contributed by atoms with van der Waals surface area (Å²) in [6.45, 7) is 1.80. The quantitative estimate of drug-likeness (QED) is 0.308. The molecule has 35 heavy (non-hydrogen) atoms. The number of amides is 1. The van der Waals surface area contributed by atoms with Crippen LogP contribution in [0.25, 0.3) is 0 Å². The van der Waals surface area contributed by atoms with E-state index in [4.69, 9.17) is 25.8 Å². The zero-order valence-corrected chi connectivity index (χ0v) is 21.9. The molecular weight excluding hydrogens is 536 g/mol. The van der Waals surface area contributed by atoms with E-state index in [2.05, 4.69) is 26.6 Å². The van der Waals surface area contributed by atoms with E-state index in [-0.39, 0.29) is 6.61 Å². The van der Waals surface area contributed by atoms with Crippen LogP contribution in [-0.4, -0.2) is 32.9 Å². The first-order chi connectivity index (χ1) is 16.8. The molecule has 9 heteroatoms. The van der Waals surface area contributed by atoms with Gasteiger partial charge in [-0.15, -0.1) is 0 Å². The SMILES string of the molecule is CCOC(=O)N[C@@](C(=O)OC)(c1cccc(Cl)c1)[C@H](Nc1ccc(OC)cc1)c1ccc(Br)cc1. The fourth-order valence-corrected chi connectivity index (χ4v) is 4.23. The van der Waals surface area contributed by atoms with Gasteiger partial charge in [0.1, 0.15) is 5.75 Å². The molecule has 0 spiro atoms. The van der Waals surface area contributed by atoms with Crippen molar-refractivity contribution in [3.63, 3.8) is 0 Å². The monoisotopic (exact) mass is 560 g/mol. The highest BCUT2D eigenvalue weighted by atomic mass is 79.9. The van der Waals surface area contributed by atoms with E-state index in [1.165, 1.54) is 7.11 Å². The number of carbonyl (C=O) groups excluding carboxylic acids is 2. The number of alkyl carbamates (subject to hydrolysis) is 1. The van der Waals surface area contributed by atoms with Crippen LogP contribution in [0, 0.1) is 0 Å². The Morgan fingerprint density at radius 3 is 2.29 bits per heavy atom. The molecule has 0 aromatic heterocycles. The van der Waals surface area contributed by atoms with Gasteiger partial charge in [0, 0.05) is 15.2 Å². The standard InChI is InChI=1S/C26H26BrClN2O5/c1-4-35-25(32)30-26(24(31)34-3,18-6-5-7-20(28)16-18)23(17-8-10-19(27)11-9-17)29-21-12-14-22(33-2)15-13-21/h5-16,23,29H,4H2,1-3H3,(H,30,32)/t23-,26+/m1/s1.